The first-order chi connectivity index (χ1) is 6.79. The minimum Gasteiger partial charge on any atom is -0.309 e. The van der Waals surface area contributed by atoms with E-state index < -0.39 is 0 Å². The van der Waals surface area contributed by atoms with Gasteiger partial charge in [-0.25, -0.2) is 0 Å². The Hall–Kier alpha value is -1.55. The first-order valence-corrected chi connectivity index (χ1v) is 5.29. The van der Waals surface area contributed by atoms with Crippen molar-refractivity contribution in [1.29, 1.82) is 0 Å². The Labute approximate surface area is 85.0 Å². The highest BCUT2D eigenvalue weighted by Crippen LogP contribution is 2.19. The summed E-state index contributed by atoms with van der Waals surface area (Å²) in [6.45, 7) is 0. The van der Waals surface area contributed by atoms with Crippen LogP contribution in [0.1, 0.15) is 0 Å². The highest BCUT2D eigenvalue weighted by Gasteiger charge is 2.16. The number of nitrogens with zero attached hydrogens (tertiary/aromatic N) is 2. The van der Waals surface area contributed by atoms with Gasteiger partial charge in [0.2, 0.25) is 5.65 Å². The third kappa shape index (κ3) is 0.786. The lowest BCUT2D eigenvalue weighted by molar-refractivity contribution is -0.459. The molecule has 0 spiro atoms. The van der Waals surface area contributed by atoms with E-state index in [1.54, 1.807) is 11.3 Å². The molecule has 0 saturated heterocycles. The number of fused-ring (bicyclic) bond motifs is 3. The molecule has 0 aliphatic carbocycles. The molecule has 3 nitrogen and oxygen atoms in total. The van der Waals surface area contributed by atoms with Gasteiger partial charge in [-0.15, -0.1) is 0 Å². The molecule has 0 amide bonds. The molecule has 0 radical (unpaired) electrons. The Morgan fingerprint density at radius 1 is 1.36 bits per heavy atom. The Morgan fingerprint density at radius 3 is 3.00 bits per heavy atom. The summed E-state index contributed by atoms with van der Waals surface area (Å²) in [6.07, 6.45) is 0. The van der Waals surface area contributed by atoms with E-state index in [0.717, 1.165) is 10.8 Å². The summed E-state index contributed by atoms with van der Waals surface area (Å²) in [6, 6.07) is 8.27. The number of anilines is 1. The molecule has 1 aromatic carbocycles. The lowest BCUT2D eigenvalue weighted by atomic mass is 10.3. The average molecular weight is 204 g/mol. The van der Waals surface area contributed by atoms with Crippen molar-refractivity contribution in [1.82, 2.24) is 4.57 Å². The monoisotopic (exact) mass is 204 g/mol. The Kier molecular flexibility index (Phi) is 1.39. The van der Waals surface area contributed by atoms with E-state index in [-0.39, 0.29) is 0 Å². The third-order valence-corrected chi connectivity index (χ3v) is 3.31. The number of rotatable bonds is 0. The van der Waals surface area contributed by atoms with Gasteiger partial charge in [0.25, 0.3) is 5.13 Å². The first-order valence-electron chi connectivity index (χ1n) is 4.41. The summed E-state index contributed by atoms with van der Waals surface area (Å²) in [4.78, 5) is 0. The summed E-state index contributed by atoms with van der Waals surface area (Å²) < 4.78 is 4.24. The van der Waals surface area contributed by atoms with E-state index >= 15 is 0 Å². The van der Waals surface area contributed by atoms with Crippen molar-refractivity contribution >= 4 is 33.1 Å². The molecule has 2 aromatic heterocycles. The van der Waals surface area contributed by atoms with Crippen LogP contribution in [0.5, 0.6) is 0 Å². The molecule has 2 N–H and O–H groups in total. The second-order valence-corrected chi connectivity index (χ2v) is 4.20. The number of aryl methyl sites for hydroxylation is 1. The molecule has 0 unspecified atom stereocenters. The number of para-hydroxylation sites is 2. The van der Waals surface area contributed by atoms with Crippen molar-refractivity contribution in [2.24, 2.45) is 7.05 Å². The summed E-state index contributed by atoms with van der Waals surface area (Å²) in [5.74, 6) is 0. The van der Waals surface area contributed by atoms with E-state index in [1.165, 1.54) is 11.0 Å². The van der Waals surface area contributed by atoms with Crippen molar-refractivity contribution in [2.75, 3.05) is 5.73 Å². The van der Waals surface area contributed by atoms with Crippen LogP contribution >= 0.6 is 11.3 Å². The van der Waals surface area contributed by atoms with E-state index in [4.69, 9.17) is 5.73 Å². The van der Waals surface area contributed by atoms with Crippen LogP contribution in [0.15, 0.2) is 29.6 Å². The van der Waals surface area contributed by atoms with E-state index in [2.05, 4.69) is 33.5 Å². The lowest BCUT2D eigenvalue weighted by Gasteiger charge is -1.87. The fourth-order valence-corrected chi connectivity index (χ4v) is 2.65. The van der Waals surface area contributed by atoms with E-state index in [9.17, 15) is 0 Å². The molecular formula is C10H10N3S+. The maximum atomic E-state index is 5.92. The van der Waals surface area contributed by atoms with Gasteiger partial charge in [-0.2, -0.15) is 4.40 Å². The van der Waals surface area contributed by atoms with Crippen molar-refractivity contribution in [3.05, 3.63) is 29.6 Å². The SMILES string of the molecule is Cn1c2ccccc2[n+]2c(N)scc12. The van der Waals surface area contributed by atoms with Crippen molar-refractivity contribution in [3.8, 4) is 0 Å². The Morgan fingerprint density at radius 2 is 2.14 bits per heavy atom. The second-order valence-electron chi connectivity index (χ2n) is 3.32. The minimum absolute atomic E-state index is 0.830. The number of imidazole rings is 1. The molecule has 0 bridgehead atoms. The molecule has 0 aliphatic rings. The normalized spacial score (nSPS) is 11.5. The first kappa shape index (κ1) is 7.82. The fourth-order valence-electron chi connectivity index (χ4n) is 1.86. The molecule has 70 valence electrons. The number of hydrogen-bond donors (Lipinski definition) is 1. The van der Waals surface area contributed by atoms with Gasteiger partial charge in [-0.3, -0.25) is 4.57 Å². The van der Waals surface area contributed by atoms with Gasteiger partial charge in [-0.05, 0) is 12.1 Å². The van der Waals surface area contributed by atoms with Crippen LogP contribution in [0, 0.1) is 0 Å². The number of nitrogens with two attached hydrogens (primary N) is 1. The number of benzene rings is 1. The number of aromatic nitrogens is 2. The predicted octanol–water partition coefficient (Wildman–Crippen LogP) is 1.56. The lowest BCUT2D eigenvalue weighted by Crippen LogP contribution is -2.21. The molecule has 14 heavy (non-hydrogen) atoms. The highest BCUT2D eigenvalue weighted by atomic mass is 32.1. The van der Waals surface area contributed by atoms with Crippen LogP contribution in [0.3, 0.4) is 0 Å². The van der Waals surface area contributed by atoms with Gasteiger partial charge in [0.15, 0.2) is 0 Å². The molecule has 4 heteroatoms. The van der Waals surface area contributed by atoms with Gasteiger partial charge in [0.05, 0.1) is 12.4 Å². The molecule has 0 atom stereocenters. The van der Waals surface area contributed by atoms with E-state index in [1.807, 2.05) is 12.1 Å². The minimum atomic E-state index is 0.830. The zero-order valence-electron chi connectivity index (χ0n) is 7.77. The molecule has 3 aromatic rings. The number of nitrogen functional groups attached to an aromatic ring is 1. The van der Waals surface area contributed by atoms with Crippen LogP contribution in [0.25, 0.3) is 16.7 Å². The standard InChI is InChI=1S/C10H9N3S/c1-12-7-4-2-3-5-8(7)13-9(12)6-14-10(13)11/h2-6,11H,1H3/p+1. The van der Waals surface area contributed by atoms with Crippen LogP contribution in [0.2, 0.25) is 0 Å². The quantitative estimate of drug-likeness (QED) is 0.554. The molecule has 0 aliphatic heterocycles. The Bertz CT molecular complexity index is 621. The smallest absolute Gasteiger partial charge is 0.283 e. The largest absolute Gasteiger partial charge is 0.309 e. The summed E-state index contributed by atoms with van der Waals surface area (Å²) in [5.41, 5.74) is 9.45. The van der Waals surface area contributed by atoms with Crippen LogP contribution in [-0.2, 0) is 7.05 Å². The van der Waals surface area contributed by atoms with Crippen molar-refractivity contribution < 1.29 is 4.40 Å². The maximum absolute atomic E-state index is 5.92. The van der Waals surface area contributed by atoms with Gasteiger partial charge in [0.1, 0.15) is 11.0 Å². The van der Waals surface area contributed by atoms with Gasteiger partial charge in [-0.1, -0.05) is 23.5 Å². The Balaban J connectivity index is 2.70. The molecule has 2 heterocycles. The van der Waals surface area contributed by atoms with Crippen LogP contribution in [0.4, 0.5) is 5.13 Å². The zero-order chi connectivity index (χ0) is 9.71. The van der Waals surface area contributed by atoms with Crippen LogP contribution < -0.4 is 10.1 Å². The topological polar surface area (TPSA) is 35.0 Å². The molecule has 3 rings (SSSR count). The number of thiazole rings is 1. The highest BCUT2D eigenvalue weighted by molar-refractivity contribution is 7.13. The summed E-state index contributed by atoms with van der Waals surface area (Å²) >= 11 is 1.57. The maximum Gasteiger partial charge on any atom is 0.283 e. The fraction of sp³-hybridized carbons (Fsp3) is 0.100. The van der Waals surface area contributed by atoms with Gasteiger partial charge in [0, 0.05) is 0 Å². The average Bonchev–Trinajstić information content (AvgIpc) is 2.70. The predicted molar refractivity (Wildman–Crippen MR) is 58.4 cm³/mol. The van der Waals surface area contributed by atoms with E-state index in [0.29, 0.717) is 0 Å². The molecular weight excluding hydrogens is 194 g/mol. The summed E-state index contributed by atoms with van der Waals surface area (Å²) in [5, 5.41) is 2.91. The van der Waals surface area contributed by atoms with Gasteiger partial charge >= 0.3 is 0 Å². The summed E-state index contributed by atoms with van der Waals surface area (Å²) in [7, 11) is 2.06. The molecule has 0 fully saturated rings. The molecule has 0 saturated carbocycles. The zero-order valence-corrected chi connectivity index (χ0v) is 8.58. The van der Waals surface area contributed by atoms with Crippen molar-refractivity contribution in [2.45, 2.75) is 0 Å². The van der Waals surface area contributed by atoms with Gasteiger partial charge < -0.3 is 5.73 Å². The second kappa shape index (κ2) is 2.48. The third-order valence-electron chi connectivity index (χ3n) is 2.56. The number of hydrogen-bond acceptors (Lipinski definition) is 2. The van der Waals surface area contributed by atoms with Crippen LogP contribution in [-0.4, -0.2) is 4.57 Å². The van der Waals surface area contributed by atoms with Crippen molar-refractivity contribution in [3.63, 3.8) is 0 Å².